The van der Waals surface area contributed by atoms with E-state index in [-0.39, 0.29) is 12.5 Å². The van der Waals surface area contributed by atoms with E-state index in [0.29, 0.717) is 36.9 Å². The van der Waals surface area contributed by atoms with Crippen LogP contribution >= 0.6 is 0 Å². The predicted molar refractivity (Wildman–Crippen MR) is 93.0 cm³/mol. The minimum absolute atomic E-state index is 0.176. The van der Waals surface area contributed by atoms with Crippen LogP contribution in [0.2, 0.25) is 0 Å². The van der Waals surface area contributed by atoms with Crippen molar-refractivity contribution in [2.45, 2.75) is 12.7 Å². The lowest BCUT2D eigenvalue weighted by molar-refractivity contribution is -0.885. The van der Waals surface area contributed by atoms with E-state index in [9.17, 15) is 18.0 Å². The van der Waals surface area contributed by atoms with Crippen molar-refractivity contribution in [1.29, 1.82) is 0 Å². The highest BCUT2D eigenvalue weighted by Gasteiger charge is 2.30. The van der Waals surface area contributed by atoms with Crippen LogP contribution in [0.5, 0.6) is 11.5 Å². The summed E-state index contributed by atoms with van der Waals surface area (Å²) >= 11 is 0. The number of quaternary nitrogens is 1. The van der Waals surface area contributed by atoms with Crippen LogP contribution < -0.4 is 19.7 Å². The molecular formula is C19H20F3N2O3+. The summed E-state index contributed by atoms with van der Waals surface area (Å²) in [4.78, 5) is 13.1. The normalized spacial score (nSPS) is 14.5. The van der Waals surface area contributed by atoms with Gasteiger partial charge in [0.05, 0.1) is 12.6 Å². The zero-order valence-corrected chi connectivity index (χ0v) is 14.7. The summed E-state index contributed by atoms with van der Waals surface area (Å²) in [6.45, 7) is 1.57. The smallest absolute Gasteiger partial charge is 0.416 e. The zero-order valence-electron chi connectivity index (χ0n) is 14.7. The number of benzene rings is 2. The molecule has 3 rings (SSSR count). The molecule has 27 heavy (non-hydrogen) atoms. The van der Waals surface area contributed by atoms with Crippen LogP contribution in [0.15, 0.2) is 42.5 Å². The Kier molecular flexibility index (Phi) is 5.55. The van der Waals surface area contributed by atoms with Gasteiger partial charge in [0, 0.05) is 17.3 Å². The number of nitrogens with one attached hydrogen (secondary N) is 2. The molecule has 0 saturated heterocycles. The van der Waals surface area contributed by atoms with Crippen molar-refractivity contribution < 1.29 is 32.3 Å². The van der Waals surface area contributed by atoms with Gasteiger partial charge in [-0.15, -0.1) is 0 Å². The van der Waals surface area contributed by atoms with Gasteiger partial charge in [-0.25, -0.2) is 0 Å². The van der Waals surface area contributed by atoms with Crippen LogP contribution in [0.4, 0.5) is 18.9 Å². The van der Waals surface area contributed by atoms with Crippen LogP contribution in [0.1, 0.15) is 11.1 Å². The number of likely N-dealkylation sites (N-methyl/N-ethyl adjacent to an activating group) is 1. The van der Waals surface area contributed by atoms with Crippen LogP contribution in [0.25, 0.3) is 0 Å². The molecule has 8 heteroatoms. The topological polar surface area (TPSA) is 52.0 Å². The molecule has 144 valence electrons. The second kappa shape index (κ2) is 7.87. The van der Waals surface area contributed by atoms with Gasteiger partial charge >= 0.3 is 6.18 Å². The lowest BCUT2D eigenvalue weighted by Gasteiger charge is -2.19. The molecule has 0 saturated carbocycles. The number of alkyl halides is 3. The third kappa shape index (κ3) is 5.13. The SMILES string of the molecule is C[NH+](CC(=O)Nc1ccc2c(c1)OCCO2)Cc1ccc(C(F)(F)F)cc1. The first-order valence-electron chi connectivity index (χ1n) is 8.48. The fourth-order valence-corrected chi connectivity index (χ4v) is 2.82. The molecule has 1 atom stereocenters. The summed E-state index contributed by atoms with van der Waals surface area (Å²) in [6.07, 6.45) is -4.35. The Balaban J connectivity index is 1.53. The maximum atomic E-state index is 12.6. The van der Waals surface area contributed by atoms with Gasteiger partial charge in [0.1, 0.15) is 19.8 Å². The molecule has 1 unspecified atom stereocenters. The number of hydrogen-bond donors (Lipinski definition) is 2. The Bertz CT molecular complexity index is 807. The van der Waals surface area contributed by atoms with Gasteiger partial charge in [0.25, 0.3) is 5.91 Å². The summed E-state index contributed by atoms with van der Waals surface area (Å²) in [7, 11) is 1.81. The number of rotatable bonds is 5. The van der Waals surface area contributed by atoms with Gasteiger partial charge < -0.3 is 19.7 Å². The molecule has 1 amide bonds. The first-order chi connectivity index (χ1) is 12.8. The third-order valence-electron chi connectivity index (χ3n) is 4.08. The van der Waals surface area contributed by atoms with E-state index in [1.807, 2.05) is 0 Å². The minimum atomic E-state index is -4.35. The molecule has 1 heterocycles. The summed E-state index contributed by atoms with van der Waals surface area (Å²) in [5.41, 5.74) is 0.652. The maximum Gasteiger partial charge on any atom is 0.416 e. The van der Waals surface area contributed by atoms with E-state index < -0.39 is 11.7 Å². The van der Waals surface area contributed by atoms with Gasteiger partial charge in [0.15, 0.2) is 18.0 Å². The largest absolute Gasteiger partial charge is 0.486 e. The first kappa shape index (κ1) is 19.0. The van der Waals surface area contributed by atoms with E-state index in [1.54, 1.807) is 25.2 Å². The molecule has 0 bridgehead atoms. The minimum Gasteiger partial charge on any atom is -0.486 e. The Labute approximate surface area is 154 Å². The zero-order chi connectivity index (χ0) is 19.4. The number of carbonyl (C=O) groups is 1. The van der Waals surface area contributed by atoms with Gasteiger partial charge in [-0.3, -0.25) is 4.79 Å². The molecule has 0 spiro atoms. The molecule has 2 aromatic rings. The Morgan fingerprint density at radius 2 is 1.74 bits per heavy atom. The molecule has 0 aromatic heterocycles. The van der Waals surface area contributed by atoms with Gasteiger partial charge in [-0.2, -0.15) is 13.2 Å². The van der Waals surface area contributed by atoms with Gasteiger partial charge in [-0.1, -0.05) is 12.1 Å². The van der Waals surface area contributed by atoms with E-state index in [4.69, 9.17) is 9.47 Å². The van der Waals surface area contributed by atoms with E-state index in [2.05, 4.69) is 5.32 Å². The molecule has 2 N–H and O–H groups in total. The highest BCUT2D eigenvalue weighted by Crippen LogP contribution is 2.32. The number of ether oxygens (including phenoxy) is 2. The van der Waals surface area contributed by atoms with Crippen LogP contribution in [0.3, 0.4) is 0 Å². The van der Waals surface area contributed by atoms with E-state index in [1.165, 1.54) is 12.1 Å². The molecule has 0 fully saturated rings. The lowest BCUT2D eigenvalue weighted by atomic mass is 10.1. The average molecular weight is 381 g/mol. The first-order valence-corrected chi connectivity index (χ1v) is 8.48. The van der Waals surface area contributed by atoms with Crippen molar-refractivity contribution >= 4 is 11.6 Å². The quantitative estimate of drug-likeness (QED) is 0.835. The fourth-order valence-electron chi connectivity index (χ4n) is 2.82. The van der Waals surface area contributed by atoms with Crippen molar-refractivity contribution in [2.75, 3.05) is 32.1 Å². The monoisotopic (exact) mass is 381 g/mol. The second-order valence-corrected chi connectivity index (χ2v) is 6.41. The number of anilines is 1. The van der Waals surface area contributed by atoms with Crippen molar-refractivity contribution in [1.82, 2.24) is 0 Å². The average Bonchev–Trinajstić information content (AvgIpc) is 2.61. The third-order valence-corrected chi connectivity index (χ3v) is 4.08. The van der Waals surface area contributed by atoms with Gasteiger partial charge in [-0.05, 0) is 24.3 Å². The number of carbonyl (C=O) groups excluding carboxylic acids is 1. The van der Waals surface area contributed by atoms with Crippen molar-refractivity contribution in [3.63, 3.8) is 0 Å². The Hall–Kier alpha value is -2.74. The summed E-state index contributed by atoms with van der Waals surface area (Å²) < 4.78 is 48.7. The van der Waals surface area contributed by atoms with E-state index >= 15 is 0 Å². The predicted octanol–water partition coefficient (Wildman–Crippen LogP) is 2.13. The molecule has 2 aromatic carbocycles. The molecule has 0 aliphatic carbocycles. The standard InChI is InChI=1S/C19H19F3N2O3/c1-24(11-13-2-4-14(5-3-13)19(20,21)22)12-18(25)23-15-6-7-16-17(10-15)27-9-8-26-16/h2-7,10H,8-9,11-12H2,1H3,(H,23,25)/p+1. The number of halogens is 3. The number of fused-ring (bicyclic) bond motifs is 1. The van der Waals surface area contributed by atoms with Crippen LogP contribution in [-0.4, -0.2) is 32.7 Å². The second-order valence-electron chi connectivity index (χ2n) is 6.41. The Morgan fingerprint density at radius 1 is 1.07 bits per heavy atom. The molecule has 0 radical (unpaired) electrons. The maximum absolute atomic E-state index is 12.6. The van der Waals surface area contributed by atoms with Crippen LogP contribution in [-0.2, 0) is 17.5 Å². The van der Waals surface area contributed by atoms with Crippen molar-refractivity contribution in [3.05, 3.63) is 53.6 Å². The number of hydrogen-bond acceptors (Lipinski definition) is 3. The summed E-state index contributed by atoms with van der Waals surface area (Å²) in [5, 5.41) is 2.79. The van der Waals surface area contributed by atoms with Crippen LogP contribution in [0, 0.1) is 0 Å². The molecule has 1 aliphatic heterocycles. The molecular weight excluding hydrogens is 361 g/mol. The highest BCUT2D eigenvalue weighted by atomic mass is 19.4. The molecule has 1 aliphatic rings. The Morgan fingerprint density at radius 3 is 2.41 bits per heavy atom. The van der Waals surface area contributed by atoms with Crippen molar-refractivity contribution in [3.8, 4) is 11.5 Å². The van der Waals surface area contributed by atoms with E-state index in [0.717, 1.165) is 22.6 Å². The van der Waals surface area contributed by atoms with Gasteiger partial charge in [0.2, 0.25) is 0 Å². The summed E-state index contributed by atoms with van der Waals surface area (Å²) in [6, 6.07) is 10.2. The highest BCUT2D eigenvalue weighted by molar-refractivity contribution is 5.91. The number of amides is 1. The summed E-state index contributed by atoms with van der Waals surface area (Å²) in [5.74, 6) is 1.03. The van der Waals surface area contributed by atoms with Crippen molar-refractivity contribution in [2.24, 2.45) is 0 Å². The fraction of sp³-hybridized carbons (Fsp3) is 0.316. The lowest BCUT2D eigenvalue weighted by Crippen LogP contribution is -3.08. The molecule has 5 nitrogen and oxygen atoms in total.